The Balaban J connectivity index is 1.83. The van der Waals surface area contributed by atoms with Crippen molar-refractivity contribution in [2.45, 2.75) is 51.4 Å². The SMILES string of the molecule is C#CC(C)(C)c1ccc(C(=O)Nc2cc3c(cc2OC)CCCCC3)cc1. The molecule has 0 radical (unpaired) electrons. The summed E-state index contributed by atoms with van der Waals surface area (Å²) < 4.78 is 5.53. The zero-order valence-corrected chi connectivity index (χ0v) is 16.4. The van der Waals surface area contributed by atoms with Crippen LogP contribution in [0.4, 0.5) is 5.69 Å². The van der Waals surface area contributed by atoms with Crippen molar-refractivity contribution in [3.63, 3.8) is 0 Å². The van der Waals surface area contributed by atoms with Gasteiger partial charge in [0.05, 0.1) is 18.2 Å². The third-order valence-corrected chi connectivity index (χ3v) is 5.39. The van der Waals surface area contributed by atoms with Crippen molar-refractivity contribution in [1.82, 2.24) is 0 Å². The molecule has 140 valence electrons. The van der Waals surface area contributed by atoms with Gasteiger partial charge in [-0.2, -0.15) is 0 Å². The van der Waals surface area contributed by atoms with E-state index in [1.54, 1.807) is 7.11 Å². The van der Waals surface area contributed by atoms with Crippen LogP contribution in [-0.2, 0) is 18.3 Å². The first kappa shape index (κ1) is 19.0. The average Bonchev–Trinajstić information content (AvgIpc) is 2.92. The van der Waals surface area contributed by atoms with Gasteiger partial charge in [0, 0.05) is 5.56 Å². The molecule has 0 spiro atoms. The highest BCUT2D eigenvalue weighted by Crippen LogP contribution is 2.32. The lowest BCUT2D eigenvalue weighted by molar-refractivity contribution is 0.102. The predicted octanol–water partition coefficient (Wildman–Crippen LogP) is 5.13. The highest BCUT2D eigenvalue weighted by atomic mass is 16.5. The lowest BCUT2D eigenvalue weighted by atomic mass is 9.85. The maximum Gasteiger partial charge on any atom is 0.255 e. The molecule has 0 bridgehead atoms. The summed E-state index contributed by atoms with van der Waals surface area (Å²) in [7, 11) is 1.64. The number of terminal acetylenes is 1. The molecule has 0 heterocycles. The average molecular weight is 361 g/mol. The molecule has 0 saturated carbocycles. The highest BCUT2D eigenvalue weighted by Gasteiger charge is 2.19. The van der Waals surface area contributed by atoms with Crippen LogP contribution in [0, 0.1) is 12.3 Å². The van der Waals surface area contributed by atoms with Crippen LogP contribution in [-0.4, -0.2) is 13.0 Å². The van der Waals surface area contributed by atoms with Crippen molar-refractivity contribution in [3.8, 4) is 18.1 Å². The molecule has 27 heavy (non-hydrogen) atoms. The molecule has 0 unspecified atom stereocenters. The van der Waals surface area contributed by atoms with E-state index in [0.717, 1.165) is 24.1 Å². The summed E-state index contributed by atoms with van der Waals surface area (Å²) in [6.45, 7) is 3.98. The summed E-state index contributed by atoms with van der Waals surface area (Å²) in [4.78, 5) is 12.7. The minimum atomic E-state index is -0.352. The number of methoxy groups -OCH3 is 1. The number of benzene rings is 2. The number of aryl methyl sites for hydroxylation is 2. The zero-order chi connectivity index (χ0) is 19.4. The van der Waals surface area contributed by atoms with Crippen LogP contribution in [0.15, 0.2) is 36.4 Å². The minimum Gasteiger partial charge on any atom is -0.495 e. The van der Waals surface area contributed by atoms with E-state index in [-0.39, 0.29) is 11.3 Å². The Bertz CT molecular complexity index is 872. The van der Waals surface area contributed by atoms with Crippen molar-refractivity contribution in [2.24, 2.45) is 0 Å². The van der Waals surface area contributed by atoms with E-state index in [1.165, 1.54) is 30.4 Å². The number of nitrogens with one attached hydrogen (secondary N) is 1. The summed E-state index contributed by atoms with van der Waals surface area (Å²) in [5, 5.41) is 3.02. The van der Waals surface area contributed by atoms with Crippen LogP contribution in [0.25, 0.3) is 0 Å². The third-order valence-electron chi connectivity index (χ3n) is 5.39. The van der Waals surface area contributed by atoms with Gasteiger partial charge in [-0.25, -0.2) is 0 Å². The van der Waals surface area contributed by atoms with Gasteiger partial charge in [0.1, 0.15) is 5.75 Å². The van der Waals surface area contributed by atoms with Gasteiger partial charge in [-0.1, -0.05) is 24.5 Å². The van der Waals surface area contributed by atoms with Crippen LogP contribution in [0.2, 0.25) is 0 Å². The molecule has 3 rings (SSSR count). The molecule has 0 atom stereocenters. The van der Waals surface area contributed by atoms with Gasteiger partial charge in [0.15, 0.2) is 0 Å². The van der Waals surface area contributed by atoms with Crippen LogP contribution in [0.1, 0.15) is 60.2 Å². The van der Waals surface area contributed by atoms with Gasteiger partial charge >= 0.3 is 0 Å². The number of hydrogen-bond donors (Lipinski definition) is 1. The largest absolute Gasteiger partial charge is 0.495 e. The summed E-state index contributed by atoms with van der Waals surface area (Å²) in [6.07, 6.45) is 11.4. The molecule has 3 nitrogen and oxygen atoms in total. The molecular weight excluding hydrogens is 334 g/mol. The first-order valence-corrected chi connectivity index (χ1v) is 9.54. The van der Waals surface area contributed by atoms with E-state index in [2.05, 4.69) is 23.4 Å². The maximum atomic E-state index is 12.7. The fraction of sp³-hybridized carbons (Fsp3) is 0.375. The molecule has 1 aliphatic rings. The van der Waals surface area contributed by atoms with Crippen LogP contribution in [0.5, 0.6) is 5.75 Å². The smallest absolute Gasteiger partial charge is 0.255 e. The molecule has 1 N–H and O–H groups in total. The Hall–Kier alpha value is -2.73. The highest BCUT2D eigenvalue weighted by molar-refractivity contribution is 6.05. The molecule has 2 aromatic rings. The Kier molecular flexibility index (Phi) is 5.56. The van der Waals surface area contributed by atoms with Gasteiger partial charge in [-0.05, 0) is 80.5 Å². The molecule has 2 aromatic carbocycles. The standard InChI is InChI=1S/C24H27NO2/c1-5-24(2,3)20-13-11-17(12-14-20)23(26)25-21-15-18-9-7-6-8-10-19(18)16-22(21)27-4/h1,11-16H,6-10H2,2-4H3,(H,25,26). The van der Waals surface area contributed by atoms with Crippen molar-refractivity contribution in [2.75, 3.05) is 12.4 Å². The third kappa shape index (κ3) is 4.17. The van der Waals surface area contributed by atoms with Crippen molar-refractivity contribution in [1.29, 1.82) is 0 Å². The van der Waals surface area contributed by atoms with E-state index in [1.807, 2.05) is 38.1 Å². The fourth-order valence-electron chi connectivity index (χ4n) is 3.52. The Morgan fingerprint density at radius 1 is 1.07 bits per heavy atom. The second-order valence-corrected chi connectivity index (χ2v) is 7.68. The first-order valence-electron chi connectivity index (χ1n) is 9.54. The second-order valence-electron chi connectivity index (χ2n) is 7.68. The maximum absolute atomic E-state index is 12.7. The predicted molar refractivity (Wildman–Crippen MR) is 111 cm³/mol. The van der Waals surface area contributed by atoms with E-state index in [0.29, 0.717) is 11.3 Å². The molecule has 0 aromatic heterocycles. The van der Waals surface area contributed by atoms with Gasteiger partial charge in [-0.3, -0.25) is 4.79 Å². The fourth-order valence-corrected chi connectivity index (χ4v) is 3.52. The Morgan fingerprint density at radius 2 is 1.70 bits per heavy atom. The van der Waals surface area contributed by atoms with E-state index < -0.39 is 0 Å². The van der Waals surface area contributed by atoms with Gasteiger partial charge in [0.25, 0.3) is 5.91 Å². The number of carbonyl (C=O) groups is 1. The van der Waals surface area contributed by atoms with Gasteiger partial charge in [0.2, 0.25) is 0 Å². The molecule has 1 aliphatic carbocycles. The molecule has 0 saturated heterocycles. The van der Waals surface area contributed by atoms with Crippen molar-refractivity contribution in [3.05, 3.63) is 58.7 Å². The summed E-state index contributed by atoms with van der Waals surface area (Å²) >= 11 is 0. The van der Waals surface area contributed by atoms with E-state index >= 15 is 0 Å². The van der Waals surface area contributed by atoms with E-state index in [9.17, 15) is 4.79 Å². The lowest BCUT2D eigenvalue weighted by Crippen LogP contribution is -2.16. The second kappa shape index (κ2) is 7.88. The van der Waals surface area contributed by atoms with Gasteiger partial charge < -0.3 is 10.1 Å². The first-order chi connectivity index (χ1) is 12.9. The van der Waals surface area contributed by atoms with Crippen molar-refractivity contribution < 1.29 is 9.53 Å². The van der Waals surface area contributed by atoms with Crippen LogP contribution in [0.3, 0.4) is 0 Å². The topological polar surface area (TPSA) is 38.3 Å². The number of fused-ring (bicyclic) bond motifs is 1. The molecule has 0 fully saturated rings. The number of hydrogen-bond acceptors (Lipinski definition) is 2. The number of rotatable bonds is 4. The molecule has 1 amide bonds. The lowest BCUT2D eigenvalue weighted by Gasteiger charge is -2.18. The van der Waals surface area contributed by atoms with Crippen molar-refractivity contribution >= 4 is 11.6 Å². The summed E-state index contributed by atoms with van der Waals surface area (Å²) in [5.74, 6) is 3.35. The number of ether oxygens (including phenoxy) is 1. The van der Waals surface area contributed by atoms with Crippen LogP contribution >= 0.6 is 0 Å². The minimum absolute atomic E-state index is 0.146. The molecular formula is C24H27NO2. The normalized spacial score (nSPS) is 13.9. The quantitative estimate of drug-likeness (QED) is 0.606. The number of carbonyl (C=O) groups excluding carboxylic acids is 1. The Morgan fingerprint density at radius 3 is 2.30 bits per heavy atom. The zero-order valence-electron chi connectivity index (χ0n) is 16.4. The summed E-state index contributed by atoms with van der Waals surface area (Å²) in [6, 6.07) is 11.6. The number of anilines is 1. The van der Waals surface area contributed by atoms with E-state index in [4.69, 9.17) is 11.2 Å². The van der Waals surface area contributed by atoms with Crippen LogP contribution < -0.4 is 10.1 Å². The van der Waals surface area contributed by atoms with Gasteiger partial charge in [-0.15, -0.1) is 6.42 Å². The summed E-state index contributed by atoms with van der Waals surface area (Å²) in [5.41, 5.74) is 4.65. The molecule has 0 aliphatic heterocycles. The monoisotopic (exact) mass is 361 g/mol. The molecule has 3 heteroatoms. The number of amides is 1. The Labute approximate surface area is 162 Å².